The number of aromatic nitrogens is 2. The molecule has 0 N–H and O–H groups in total. The molecule has 130 valence electrons. The molecule has 2 heterocycles. The maximum absolute atomic E-state index is 13.1. The topological polar surface area (TPSA) is 34.9 Å². The van der Waals surface area contributed by atoms with Crippen molar-refractivity contribution in [1.29, 1.82) is 0 Å². The van der Waals surface area contributed by atoms with Crippen LogP contribution in [0.1, 0.15) is 18.1 Å². The fourth-order valence-electron chi connectivity index (χ4n) is 3.04. The van der Waals surface area contributed by atoms with Gasteiger partial charge >= 0.3 is 0 Å². The summed E-state index contributed by atoms with van der Waals surface area (Å²) < 4.78 is 2.69. The van der Waals surface area contributed by atoms with Crippen LogP contribution in [0.15, 0.2) is 69.5 Å². The van der Waals surface area contributed by atoms with Gasteiger partial charge in [0.1, 0.15) is 4.83 Å². The minimum atomic E-state index is 0.00536. The summed E-state index contributed by atoms with van der Waals surface area (Å²) in [4.78, 5) is 18.4. The average molecular weight is 425 g/mol. The normalized spacial score (nSPS) is 11.2. The van der Waals surface area contributed by atoms with Crippen LogP contribution in [0.2, 0.25) is 0 Å². The molecule has 26 heavy (non-hydrogen) atoms. The first-order chi connectivity index (χ1) is 12.7. The summed E-state index contributed by atoms with van der Waals surface area (Å²) in [6.07, 6.45) is 2.65. The van der Waals surface area contributed by atoms with E-state index < -0.39 is 0 Å². The molecule has 0 aliphatic rings. The Labute approximate surface area is 164 Å². The molecule has 0 radical (unpaired) electrons. The molecular formula is C21H17BrN2OS. The molecule has 2 aromatic carbocycles. The Bertz CT molecular complexity index is 1130. The molecule has 0 amide bonds. The molecule has 0 fully saturated rings. The van der Waals surface area contributed by atoms with Crippen molar-refractivity contribution in [2.45, 2.75) is 19.9 Å². The lowest BCUT2D eigenvalue weighted by atomic mass is 10.0. The third-order valence-corrected chi connectivity index (χ3v) is 5.86. The minimum absolute atomic E-state index is 0.00536. The highest BCUT2D eigenvalue weighted by molar-refractivity contribution is 9.10. The van der Waals surface area contributed by atoms with Crippen LogP contribution in [0.3, 0.4) is 0 Å². The van der Waals surface area contributed by atoms with Crippen LogP contribution in [0.25, 0.3) is 21.3 Å². The lowest BCUT2D eigenvalue weighted by molar-refractivity contribution is 0.749. The predicted molar refractivity (Wildman–Crippen MR) is 112 cm³/mol. The Balaban J connectivity index is 1.80. The monoisotopic (exact) mass is 424 g/mol. The van der Waals surface area contributed by atoms with Crippen molar-refractivity contribution in [1.82, 2.24) is 9.55 Å². The van der Waals surface area contributed by atoms with E-state index in [1.54, 1.807) is 10.9 Å². The number of hydrogen-bond acceptors (Lipinski definition) is 3. The van der Waals surface area contributed by atoms with Crippen molar-refractivity contribution >= 4 is 37.5 Å². The van der Waals surface area contributed by atoms with E-state index in [2.05, 4.69) is 52.1 Å². The van der Waals surface area contributed by atoms with Gasteiger partial charge in [0.2, 0.25) is 0 Å². The maximum Gasteiger partial charge on any atom is 0.263 e. The lowest BCUT2D eigenvalue weighted by Gasteiger charge is -2.07. The van der Waals surface area contributed by atoms with Crippen molar-refractivity contribution in [3.05, 3.63) is 86.2 Å². The first-order valence-corrected chi connectivity index (χ1v) is 10.1. The van der Waals surface area contributed by atoms with Gasteiger partial charge in [0.05, 0.1) is 18.3 Å². The SMILES string of the molecule is CCc1ccc(-c2csc3ncn(Cc4cccc(Br)c4)c(=O)c23)cc1. The van der Waals surface area contributed by atoms with E-state index in [0.29, 0.717) is 11.9 Å². The second-order valence-corrected chi connectivity index (χ2v) is 7.96. The average Bonchev–Trinajstić information content (AvgIpc) is 3.09. The number of rotatable bonds is 4. The van der Waals surface area contributed by atoms with Crippen molar-refractivity contribution in [3.8, 4) is 11.1 Å². The van der Waals surface area contributed by atoms with Gasteiger partial charge in [-0.05, 0) is 35.2 Å². The van der Waals surface area contributed by atoms with E-state index in [0.717, 1.165) is 32.4 Å². The number of thiophene rings is 1. The second-order valence-electron chi connectivity index (χ2n) is 6.19. The van der Waals surface area contributed by atoms with E-state index in [1.165, 1.54) is 16.9 Å². The van der Waals surface area contributed by atoms with Gasteiger partial charge in [0, 0.05) is 15.4 Å². The first kappa shape index (κ1) is 17.2. The summed E-state index contributed by atoms with van der Waals surface area (Å²) in [6, 6.07) is 16.4. The summed E-state index contributed by atoms with van der Waals surface area (Å²) >= 11 is 5.00. The molecule has 0 unspecified atom stereocenters. The third kappa shape index (κ3) is 3.24. The molecule has 0 saturated carbocycles. The van der Waals surface area contributed by atoms with E-state index in [4.69, 9.17) is 0 Å². The highest BCUT2D eigenvalue weighted by atomic mass is 79.9. The van der Waals surface area contributed by atoms with E-state index in [1.807, 2.05) is 29.6 Å². The van der Waals surface area contributed by atoms with Gasteiger partial charge < -0.3 is 0 Å². The highest BCUT2D eigenvalue weighted by Crippen LogP contribution is 2.30. The Morgan fingerprint density at radius 3 is 2.65 bits per heavy atom. The summed E-state index contributed by atoms with van der Waals surface area (Å²) in [5, 5.41) is 2.74. The predicted octanol–water partition coefficient (Wildman–Crippen LogP) is 5.50. The molecule has 2 aromatic heterocycles. The van der Waals surface area contributed by atoms with Crippen LogP contribution in [0.4, 0.5) is 0 Å². The zero-order chi connectivity index (χ0) is 18.1. The van der Waals surface area contributed by atoms with Gasteiger partial charge in [-0.25, -0.2) is 4.98 Å². The second kappa shape index (κ2) is 7.17. The molecule has 0 atom stereocenters. The first-order valence-electron chi connectivity index (χ1n) is 8.46. The van der Waals surface area contributed by atoms with Gasteiger partial charge in [-0.3, -0.25) is 9.36 Å². The lowest BCUT2D eigenvalue weighted by Crippen LogP contribution is -2.20. The molecule has 3 nitrogen and oxygen atoms in total. The number of aryl methyl sites for hydroxylation is 1. The van der Waals surface area contributed by atoms with E-state index in [-0.39, 0.29) is 5.56 Å². The number of fused-ring (bicyclic) bond motifs is 1. The molecule has 5 heteroatoms. The third-order valence-electron chi connectivity index (χ3n) is 4.48. The standard InChI is InChI=1S/C21H17BrN2OS/c1-2-14-6-8-16(9-7-14)18-12-26-20-19(18)21(25)24(13-23-20)11-15-4-3-5-17(22)10-15/h3-10,12-13H,2,11H2,1H3. The van der Waals surface area contributed by atoms with Gasteiger partial charge in [0.15, 0.2) is 0 Å². The Hall–Kier alpha value is -2.24. The molecule has 4 aromatic rings. The van der Waals surface area contributed by atoms with Crippen LogP contribution >= 0.6 is 27.3 Å². The molecule has 0 bridgehead atoms. The van der Waals surface area contributed by atoms with Gasteiger partial charge in [-0.1, -0.05) is 59.3 Å². The van der Waals surface area contributed by atoms with Crippen molar-refractivity contribution < 1.29 is 0 Å². The zero-order valence-electron chi connectivity index (χ0n) is 14.3. The molecule has 0 saturated heterocycles. The maximum atomic E-state index is 13.1. The number of halogens is 1. The fraction of sp³-hybridized carbons (Fsp3) is 0.143. The smallest absolute Gasteiger partial charge is 0.263 e. The summed E-state index contributed by atoms with van der Waals surface area (Å²) in [5.41, 5.74) is 4.39. The Morgan fingerprint density at radius 2 is 1.92 bits per heavy atom. The fourth-order valence-corrected chi connectivity index (χ4v) is 4.40. The molecule has 0 aliphatic heterocycles. The van der Waals surface area contributed by atoms with Crippen LogP contribution < -0.4 is 5.56 Å². The van der Waals surface area contributed by atoms with Gasteiger partial charge in [-0.2, -0.15) is 0 Å². The Morgan fingerprint density at radius 1 is 1.12 bits per heavy atom. The van der Waals surface area contributed by atoms with Crippen LogP contribution in [0.5, 0.6) is 0 Å². The molecular weight excluding hydrogens is 408 g/mol. The molecule has 0 spiro atoms. The number of nitrogens with zero attached hydrogens (tertiary/aromatic N) is 2. The minimum Gasteiger partial charge on any atom is -0.294 e. The molecule has 0 aliphatic carbocycles. The largest absolute Gasteiger partial charge is 0.294 e. The zero-order valence-corrected chi connectivity index (χ0v) is 16.7. The number of benzene rings is 2. The van der Waals surface area contributed by atoms with Crippen molar-refractivity contribution in [2.24, 2.45) is 0 Å². The highest BCUT2D eigenvalue weighted by Gasteiger charge is 2.13. The van der Waals surface area contributed by atoms with E-state index in [9.17, 15) is 4.79 Å². The Kier molecular flexibility index (Phi) is 4.74. The van der Waals surface area contributed by atoms with Crippen LogP contribution in [0, 0.1) is 0 Å². The van der Waals surface area contributed by atoms with Crippen molar-refractivity contribution in [2.75, 3.05) is 0 Å². The molecule has 4 rings (SSSR count). The van der Waals surface area contributed by atoms with Crippen LogP contribution in [-0.2, 0) is 13.0 Å². The summed E-state index contributed by atoms with van der Waals surface area (Å²) in [5.74, 6) is 0. The number of hydrogen-bond donors (Lipinski definition) is 0. The van der Waals surface area contributed by atoms with Crippen LogP contribution in [-0.4, -0.2) is 9.55 Å². The van der Waals surface area contributed by atoms with E-state index >= 15 is 0 Å². The van der Waals surface area contributed by atoms with Gasteiger partial charge in [-0.15, -0.1) is 11.3 Å². The van der Waals surface area contributed by atoms with Crippen molar-refractivity contribution in [3.63, 3.8) is 0 Å². The summed E-state index contributed by atoms with van der Waals surface area (Å²) in [6.45, 7) is 2.64. The summed E-state index contributed by atoms with van der Waals surface area (Å²) in [7, 11) is 0. The van der Waals surface area contributed by atoms with Gasteiger partial charge in [0.25, 0.3) is 5.56 Å². The quantitative estimate of drug-likeness (QED) is 0.433.